The minimum Gasteiger partial charge on any atom is -0.399 e. The highest BCUT2D eigenvalue weighted by Gasteiger charge is 2.22. The van der Waals surface area contributed by atoms with Gasteiger partial charge in [-0.1, -0.05) is 17.7 Å². The van der Waals surface area contributed by atoms with Gasteiger partial charge in [-0.25, -0.2) is 9.98 Å². The van der Waals surface area contributed by atoms with Crippen LogP contribution >= 0.6 is 11.6 Å². The van der Waals surface area contributed by atoms with Crippen molar-refractivity contribution in [1.82, 2.24) is 0 Å². The van der Waals surface area contributed by atoms with Crippen molar-refractivity contribution in [3.8, 4) is 0 Å². The molecule has 0 saturated heterocycles. The lowest BCUT2D eigenvalue weighted by Gasteiger charge is -2.20. The van der Waals surface area contributed by atoms with Crippen LogP contribution in [0.5, 0.6) is 0 Å². The van der Waals surface area contributed by atoms with Gasteiger partial charge in [-0.15, -0.1) is 0 Å². The average Bonchev–Trinajstić information content (AvgIpc) is 2.04. The number of hydrogen-bond acceptors (Lipinski definition) is 3. The van der Waals surface area contributed by atoms with Gasteiger partial charge in [0.05, 0.1) is 11.6 Å². The highest BCUT2D eigenvalue weighted by molar-refractivity contribution is 6.66. The zero-order valence-electron chi connectivity index (χ0n) is 6.37. The minimum absolute atomic E-state index is 0.129. The predicted molar refractivity (Wildman–Crippen MR) is 50.2 cm³/mol. The summed E-state index contributed by atoms with van der Waals surface area (Å²) in [5, 5.41) is 0.597. The molecule has 2 rings (SSSR count). The van der Waals surface area contributed by atoms with E-state index in [0.717, 1.165) is 17.8 Å². The predicted octanol–water partition coefficient (Wildman–Crippen LogP) is 1.41. The Morgan fingerprint density at radius 3 is 3.25 bits per heavy atom. The number of nitrogens with zero attached hydrogens (tertiary/aromatic N) is 2. The van der Waals surface area contributed by atoms with E-state index in [1.807, 2.05) is 12.2 Å². The van der Waals surface area contributed by atoms with E-state index in [1.165, 1.54) is 6.34 Å². The summed E-state index contributed by atoms with van der Waals surface area (Å²) < 4.78 is 0. The second kappa shape index (κ2) is 2.75. The Morgan fingerprint density at radius 1 is 1.58 bits per heavy atom. The fourth-order valence-corrected chi connectivity index (χ4v) is 1.54. The third-order valence-electron chi connectivity index (χ3n) is 1.94. The summed E-state index contributed by atoms with van der Waals surface area (Å²) in [6.07, 6.45) is 6.04. The maximum Gasteiger partial charge on any atom is 0.117 e. The molecule has 0 fully saturated rings. The Morgan fingerprint density at radius 2 is 2.42 bits per heavy atom. The molecule has 0 aromatic heterocycles. The van der Waals surface area contributed by atoms with E-state index in [9.17, 15) is 0 Å². The maximum atomic E-state index is 5.89. The summed E-state index contributed by atoms with van der Waals surface area (Å²) in [6, 6.07) is 0. The smallest absolute Gasteiger partial charge is 0.117 e. The molecule has 0 spiro atoms. The fourth-order valence-electron chi connectivity index (χ4n) is 1.29. The number of aliphatic imine (C=N–C) groups is 2. The molecule has 0 amide bonds. The molecule has 1 heterocycles. The van der Waals surface area contributed by atoms with Gasteiger partial charge < -0.3 is 5.73 Å². The first-order valence-corrected chi connectivity index (χ1v) is 4.08. The van der Waals surface area contributed by atoms with Crippen molar-refractivity contribution in [2.45, 2.75) is 6.42 Å². The van der Waals surface area contributed by atoms with Crippen molar-refractivity contribution in [2.75, 3.05) is 0 Å². The highest BCUT2D eigenvalue weighted by Crippen LogP contribution is 2.27. The van der Waals surface area contributed by atoms with Crippen LogP contribution < -0.4 is 5.73 Å². The summed E-state index contributed by atoms with van der Waals surface area (Å²) in [5.41, 5.74) is 7.28. The Labute approximate surface area is 75.3 Å². The van der Waals surface area contributed by atoms with Crippen molar-refractivity contribution in [3.63, 3.8) is 0 Å². The molecule has 2 aliphatic rings. The standard InChI is InChI=1S/C8H8ClN3/c9-8-6-2-1-5(10)3-7(6)11-4-12-8/h1,3-4,6H,2,10H2. The molecule has 0 aromatic carbocycles. The van der Waals surface area contributed by atoms with E-state index in [2.05, 4.69) is 9.98 Å². The zero-order chi connectivity index (χ0) is 8.55. The Hall–Kier alpha value is -1.09. The Kier molecular flexibility index (Phi) is 1.73. The molecule has 3 nitrogen and oxygen atoms in total. The quantitative estimate of drug-likeness (QED) is 0.604. The minimum atomic E-state index is 0.129. The number of allylic oxidation sites excluding steroid dienone is 3. The first-order chi connectivity index (χ1) is 5.77. The lowest BCUT2D eigenvalue weighted by Crippen LogP contribution is -2.18. The van der Waals surface area contributed by atoms with Crippen LogP contribution in [0.1, 0.15) is 6.42 Å². The number of fused-ring (bicyclic) bond motifs is 1. The molecule has 0 aromatic rings. The number of rotatable bonds is 0. The largest absolute Gasteiger partial charge is 0.399 e. The highest BCUT2D eigenvalue weighted by atomic mass is 35.5. The van der Waals surface area contributed by atoms with Crippen molar-refractivity contribution in [3.05, 3.63) is 23.5 Å². The van der Waals surface area contributed by atoms with Crippen LogP contribution in [0.4, 0.5) is 0 Å². The summed E-state index contributed by atoms with van der Waals surface area (Å²) >= 11 is 5.89. The van der Waals surface area contributed by atoms with Crippen LogP contribution in [0.2, 0.25) is 0 Å². The second-order valence-electron chi connectivity index (χ2n) is 2.76. The third kappa shape index (κ3) is 1.16. The average molecular weight is 182 g/mol. The summed E-state index contributed by atoms with van der Waals surface area (Å²) in [5.74, 6) is 0.129. The molecule has 1 aliphatic heterocycles. The van der Waals surface area contributed by atoms with Crippen LogP contribution in [0.3, 0.4) is 0 Å². The van der Waals surface area contributed by atoms with Gasteiger partial charge in [0.25, 0.3) is 0 Å². The molecule has 1 aliphatic carbocycles. The Balaban J connectivity index is 2.37. The van der Waals surface area contributed by atoms with Crippen LogP contribution in [-0.2, 0) is 0 Å². The molecule has 0 saturated carbocycles. The van der Waals surface area contributed by atoms with Crippen LogP contribution in [0, 0.1) is 5.92 Å². The van der Waals surface area contributed by atoms with Gasteiger partial charge >= 0.3 is 0 Å². The van der Waals surface area contributed by atoms with E-state index in [-0.39, 0.29) is 5.92 Å². The molecule has 0 bridgehead atoms. The van der Waals surface area contributed by atoms with Crippen LogP contribution in [0.25, 0.3) is 0 Å². The van der Waals surface area contributed by atoms with Crippen LogP contribution in [-0.4, -0.2) is 11.5 Å². The monoisotopic (exact) mass is 181 g/mol. The molecular formula is C8H8ClN3. The van der Waals surface area contributed by atoms with Crippen molar-refractivity contribution < 1.29 is 0 Å². The third-order valence-corrected chi connectivity index (χ3v) is 2.30. The zero-order valence-corrected chi connectivity index (χ0v) is 7.12. The van der Waals surface area contributed by atoms with Gasteiger partial charge in [0.1, 0.15) is 11.5 Å². The van der Waals surface area contributed by atoms with Gasteiger partial charge in [-0.3, -0.25) is 0 Å². The van der Waals surface area contributed by atoms with E-state index < -0.39 is 0 Å². The number of halogens is 1. The van der Waals surface area contributed by atoms with E-state index in [1.54, 1.807) is 0 Å². The first-order valence-electron chi connectivity index (χ1n) is 3.70. The normalized spacial score (nSPS) is 27.1. The summed E-state index contributed by atoms with van der Waals surface area (Å²) in [6.45, 7) is 0. The maximum absolute atomic E-state index is 5.89. The molecule has 2 N–H and O–H groups in total. The molecule has 1 unspecified atom stereocenters. The van der Waals surface area contributed by atoms with E-state index in [0.29, 0.717) is 5.17 Å². The van der Waals surface area contributed by atoms with Crippen molar-refractivity contribution in [1.29, 1.82) is 0 Å². The van der Waals surface area contributed by atoms with Crippen molar-refractivity contribution in [2.24, 2.45) is 21.6 Å². The summed E-state index contributed by atoms with van der Waals surface area (Å²) in [4.78, 5) is 8.01. The number of nitrogens with two attached hydrogens (primary N) is 1. The van der Waals surface area contributed by atoms with E-state index in [4.69, 9.17) is 17.3 Å². The molecule has 62 valence electrons. The summed E-state index contributed by atoms with van der Waals surface area (Å²) in [7, 11) is 0. The van der Waals surface area contributed by atoms with Crippen LogP contribution in [0.15, 0.2) is 33.5 Å². The van der Waals surface area contributed by atoms with Gasteiger partial charge in [0.15, 0.2) is 0 Å². The molecule has 12 heavy (non-hydrogen) atoms. The topological polar surface area (TPSA) is 50.7 Å². The van der Waals surface area contributed by atoms with Gasteiger partial charge in [0, 0.05) is 5.70 Å². The van der Waals surface area contributed by atoms with Gasteiger partial charge in [0.2, 0.25) is 0 Å². The van der Waals surface area contributed by atoms with Gasteiger partial charge in [-0.2, -0.15) is 0 Å². The van der Waals surface area contributed by atoms with E-state index >= 15 is 0 Å². The Bertz CT molecular complexity index is 325. The number of hydrogen-bond donors (Lipinski definition) is 1. The molecule has 1 atom stereocenters. The SMILES string of the molecule is NC1=CCC2C(=C1)N=CN=C2Cl. The lowest BCUT2D eigenvalue weighted by atomic mass is 9.96. The molecule has 4 heteroatoms. The fraction of sp³-hybridized carbons (Fsp3) is 0.250. The molecular weight excluding hydrogens is 174 g/mol. The first kappa shape index (κ1) is 7.55. The lowest BCUT2D eigenvalue weighted by molar-refractivity contribution is 0.790. The van der Waals surface area contributed by atoms with Crippen molar-refractivity contribution >= 4 is 23.1 Å². The van der Waals surface area contributed by atoms with Gasteiger partial charge in [-0.05, 0) is 12.5 Å². The molecule has 0 radical (unpaired) electrons. The second-order valence-corrected chi connectivity index (χ2v) is 3.15.